The third kappa shape index (κ3) is 3.85. The number of rotatable bonds is 4. The van der Waals surface area contributed by atoms with Gasteiger partial charge in [-0.05, 0) is 38.3 Å². The molecule has 1 aromatic carbocycles. The molecule has 6 heteroatoms. The molecule has 1 unspecified atom stereocenters. The van der Waals surface area contributed by atoms with Crippen LogP contribution in [-0.2, 0) is 9.59 Å². The number of piperazine rings is 1. The summed E-state index contributed by atoms with van der Waals surface area (Å²) < 4.78 is 5.84. The standard InChI is InChI=1S/C20H29N3O3/c1-15-7-3-4-8-17(15)26-16(2)18(24)22-11-13-23(14-12-22)19(25)20(21)9-5-6-10-20/h3-4,7-8,16H,5-6,9-14,21H2,1-2H3. The molecule has 1 aromatic rings. The lowest BCUT2D eigenvalue weighted by Crippen LogP contribution is -2.59. The van der Waals surface area contributed by atoms with E-state index >= 15 is 0 Å². The molecule has 2 N–H and O–H groups in total. The summed E-state index contributed by atoms with van der Waals surface area (Å²) >= 11 is 0. The van der Waals surface area contributed by atoms with E-state index < -0.39 is 11.6 Å². The van der Waals surface area contributed by atoms with E-state index in [-0.39, 0.29) is 11.8 Å². The first kappa shape index (κ1) is 18.7. The molecular weight excluding hydrogens is 330 g/mol. The van der Waals surface area contributed by atoms with Crippen molar-refractivity contribution in [1.29, 1.82) is 0 Å². The molecule has 1 saturated heterocycles. The molecule has 0 radical (unpaired) electrons. The van der Waals surface area contributed by atoms with Gasteiger partial charge in [0.1, 0.15) is 5.75 Å². The van der Waals surface area contributed by atoms with Crippen molar-refractivity contribution >= 4 is 11.8 Å². The zero-order valence-electron chi connectivity index (χ0n) is 15.7. The quantitative estimate of drug-likeness (QED) is 0.888. The fourth-order valence-corrected chi connectivity index (χ4v) is 3.85. The van der Waals surface area contributed by atoms with Gasteiger partial charge in [0.15, 0.2) is 6.10 Å². The van der Waals surface area contributed by atoms with Gasteiger partial charge in [-0.2, -0.15) is 0 Å². The van der Waals surface area contributed by atoms with E-state index in [2.05, 4.69) is 0 Å². The lowest BCUT2D eigenvalue weighted by molar-refractivity contribution is -0.146. The molecule has 1 atom stereocenters. The van der Waals surface area contributed by atoms with E-state index in [1.807, 2.05) is 36.1 Å². The Kier molecular flexibility index (Phi) is 5.51. The Morgan fingerprint density at radius 3 is 2.27 bits per heavy atom. The summed E-state index contributed by atoms with van der Waals surface area (Å²) in [5.41, 5.74) is 6.60. The second kappa shape index (κ2) is 7.66. The number of benzene rings is 1. The van der Waals surface area contributed by atoms with Crippen LogP contribution in [0.5, 0.6) is 5.75 Å². The molecule has 2 aliphatic rings. The van der Waals surface area contributed by atoms with E-state index in [9.17, 15) is 9.59 Å². The SMILES string of the molecule is Cc1ccccc1OC(C)C(=O)N1CCN(C(=O)C2(N)CCCC2)CC1. The molecule has 6 nitrogen and oxygen atoms in total. The van der Waals surface area contributed by atoms with Gasteiger partial charge in [0.2, 0.25) is 5.91 Å². The van der Waals surface area contributed by atoms with E-state index in [0.717, 1.165) is 37.0 Å². The van der Waals surface area contributed by atoms with Crippen molar-refractivity contribution in [2.75, 3.05) is 26.2 Å². The lowest BCUT2D eigenvalue weighted by Gasteiger charge is -2.39. The molecule has 3 rings (SSSR count). The van der Waals surface area contributed by atoms with Gasteiger partial charge in [-0.15, -0.1) is 0 Å². The number of ether oxygens (including phenoxy) is 1. The largest absolute Gasteiger partial charge is 0.481 e. The summed E-state index contributed by atoms with van der Waals surface area (Å²) in [6.45, 7) is 5.88. The smallest absolute Gasteiger partial charge is 0.263 e. The molecule has 1 heterocycles. The highest BCUT2D eigenvalue weighted by Crippen LogP contribution is 2.29. The highest BCUT2D eigenvalue weighted by atomic mass is 16.5. The van der Waals surface area contributed by atoms with Gasteiger partial charge in [0.25, 0.3) is 5.91 Å². The fraction of sp³-hybridized carbons (Fsp3) is 0.600. The highest BCUT2D eigenvalue weighted by Gasteiger charge is 2.41. The van der Waals surface area contributed by atoms with Crippen LogP contribution in [0.4, 0.5) is 0 Å². The Morgan fingerprint density at radius 2 is 1.65 bits per heavy atom. The van der Waals surface area contributed by atoms with Crippen LogP contribution in [0.15, 0.2) is 24.3 Å². The highest BCUT2D eigenvalue weighted by molar-refractivity contribution is 5.87. The van der Waals surface area contributed by atoms with Crippen molar-refractivity contribution in [2.24, 2.45) is 5.73 Å². The van der Waals surface area contributed by atoms with Crippen molar-refractivity contribution in [3.63, 3.8) is 0 Å². The van der Waals surface area contributed by atoms with E-state index in [1.165, 1.54) is 0 Å². The second-order valence-corrected chi connectivity index (χ2v) is 7.51. The van der Waals surface area contributed by atoms with Crippen LogP contribution >= 0.6 is 0 Å². The van der Waals surface area contributed by atoms with Crippen LogP contribution in [0, 0.1) is 6.92 Å². The Morgan fingerprint density at radius 1 is 1.08 bits per heavy atom. The normalized spacial score (nSPS) is 20.7. The fourth-order valence-electron chi connectivity index (χ4n) is 3.85. The molecule has 0 bridgehead atoms. The van der Waals surface area contributed by atoms with Crippen molar-refractivity contribution in [3.8, 4) is 5.75 Å². The molecule has 2 fully saturated rings. The Labute approximate surface area is 155 Å². The van der Waals surface area contributed by atoms with Gasteiger partial charge >= 0.3 is 0 Å². The van der Waals surface area contributed by atoms with E-state index in [0.29, 0.717) is 26.2 Å². The van der Waals surface area contributed by atoms with Crippen molar-refractivity contribution in [2.45, 2.75) is 51.2 Å². The zero-order valence-corrected chi connectivity index (χ0v) is 15.7. The number of hydrogen-bond acceptors (Lipinski definition) is 4. The van der Waals surface area contributed by atoms with Crippen molar-refractivity contribution < 1.29 is 14.3 Å². The molecule has 0 spiro atoms. The van der Waals surface area contributed by atoms with Crippen LogP contribution in [0.2, 0.25) is 0 Å². The molecule has 0 aromatic heterocycles. The average Bonchev–Trinajstić information content (AvgIpc) is 3.10. The summed E-state index contributed by atoms with van der Waals surface area (Å²) in [6.07, 6.45) is 3.04. The molecule has 142 valence electrons. The molecule has 2 amide bonds. The van der Waals surface area contributed by atoms with Gasteiger partial charge in [-0.25, -0.2) is 0 Å². The third-order valence-electron chi connectivity index (χ3n) is 5.55. The van der Waals surface area contributed by atoms with Gasteiger partial charge in [-0.3, -0.25) is 9.59 Å². The first-order chi connectivity index (χ1) is 12.4. The van der Waals surface area contributed by atoms with Crippen LogP contribution in [-0.4, -0.2) is 59.4 Å². The maximum atomic E-state index is 12.7. The topological polar surface area (TPSA) is 75.9 Å². The Hall–Kier alpha value is -2.08. The van der Waals surface area contributed by atoms with Crippen molar-refractivity contribution in [1.82, 2.24) is 9.80 Å². The molecule has 1 aliphatic carbocycles. The minimum absolute atomic E-state index is 0.0383. The van der Waals surface area contributed by atoms with Crippen molar-refractivity contribution in [3.05, 3.63) is 29.8 Å². The molecular formula is C20H29N3O3. The predicted molar refractivity (Wildman–Crippen MR) is 99.8 cm³/mol. The van der Waals surface area contributed by atoms with Gasteiger partial charge in [0.05, 0.1) is 5.54 Å². The lowest BCUT2D eigenvalue weighted by atomic mass is 9.97. The van der Waals surface area contributed by atoms with Crippen LogP contribution < -0.4 is 10.5 Å². The van der Waals surface area contributed by atoms with Gasteiger partial charge < -0.3 is 20.3 Å². The zero-order chi connectivity index (χ0) is 18.7. The number of nitrogens with zero attached hydrogens (tertiary/aromatic N) is 2. The monoisotopic (exact) mass is 359 g/mol. The first-order valence-electron chi connectivity index (χ1n) is 9.50. The Balaban J connectivity index is 1.53. The summed E-state index contributed by atoms with van der Waals surface area (Å²) in [6, 6.07) is 7.68. The summed E-state index contributed by atoms with van der Waals surface area (Å²) in [5, 5.41) is 0. The number of nitrogens with two attached hydrogens (primary N) is 1. The maximum Gasteiger partial charge on any atom is 0.263 e. The number of aryl methyl sites for hydroxylation is 1. The predicted octanol–water partition coefficient (Wildman–Crippen LogP) is 1.70. The van der Waals surface area contributed by atoms with Crippen LogP contribution in [0.3, 0.4) is 0 Å². The molecule has 1 aliphatic heterocycles. The number of carbonyl (C=O) groups excluding carboxylic acids is 2. The molecule has 26 heavy (non-hydrogen) atoms. The first-order valence-corrected chi connectivity index (χ1v) is 9.50. The number of para-hydroxylation sites is 1. The third-order valence-corrected chi connectivity index (χ3v) is 5.55. The minimum Gasteiger partial charge on any atom is -0.481 e. The number of hydrogen-bond donors (Lipinski definition) is 1. The summed E-state index contributed by atoms with van der Waals surface area (Å²) in [5.74, 6) is 0.739. The van der Waals surface area contributed by atoms with Crippen LogP contribution in [0.1, 0.15) is 38.2 Å². The Bertz CT molecular complexity index is 662. The number of carbonyl (C=O) groups is 2. The maximum absolute atomic E-state index is 12.7. The van der Waals surface area contributed by atoms with Crippen LogP contribution in [0.25, 0.3) is 0 Å². The minimum atomic E-state index is -0.687. The van der Waals surface area contributed by atoms with Gasteiger partial charge in [-0.1, -0.05) is 31.0 Å². The van der Waals surface area contributed by atoms with E-state index in [1.54, 1.807) is 11.8 Å². The summed E-state index contributed by atoms with van der Waals surface area (Å²) in [7, 11) is 0. The van der Waals surface area contributed by atoms with Gasteiger partial charge in [0, 0.05) is 26.2 Å². The number of amides is 2. The second-order valence-electron chi connectivity index (χ2n) is 7.51. The summed E-state index contributed by atoms with van der Waals surface area (Å²) in [4.78, 5) is 29.0. The molecule has 1 saturated carbocycles. The van der Waals surface area contributed by atoms with E-state index in [4.69, 9.17) is 10.5 Å². The average molecular weight is 359 g/mol.